The fraction of sp³-hybridized carbons (Fsp3) is 0.345. The van der Waals surface area contributed by atoms with Crippen LogP contribution in [0.15, 0.2) is 72.9 Å². The Morgan fingerprint density at radius 2 is 1.74 bits per heavy atom. The molecule has 1 atom stereocenters. The molecule has 0 radical (unpaired) electrons. The summed E-state index contributed by atoms with van der Waals surface area (Å²) in [6.45, 7) is 7.10. The molecule has 0 bridgehead atoms. The Labute approximate surface area is 207 Å². The fourth-order valence-corrected chi connectivity index (χ4v) is 4.42. The zero-order chi connectivity index (χ0) is 25.0. The second-order valence-electron chi connectivity index (χ2n) is 9.95. The van der Waals surface area contributed by atoms with Crippen molar-refractivity contribution in [3.05, 3.63) is 95.3 Å². The van der Waals surface area contributed by atoms with Gasteiger partial charge in [0.05, 0.1) is 13.5 Å². The van der Waals surface area contributed by atoms with Gasteiger partial charge in [0.15, 0.2) is 0 Å². The minimum Gasteiger partial charge on any atom is -0.497 e. The third-order valence-corrected chi connectivity index (χ3v) is 6.47. The Hall–Kier alpha value is -3.67. The summed E-state index contributed by atoms with van der Waals surface area (Å²) in [6.07, 6.45) is 2.10. The number of aromatic nitrogens is 1. The average Bonchev–Trinajstić information content (AvgIpc) is 3.19. The zero-order valence-corrected chi connectivity index (χ0v) is 20.9. The van der Waals surface area contributed by atoms with Crippen LogP contribution in [0.1, 0.15) is 49.3 Å². The summed E-state index contributed by atoms with van der Waals surface area (Å²) in [4.78, 5) is 34.3. The van der Waals surface area contributed by atoms with Crippen LogP contribution in [-0.4, -0.2) is 46.8 Å². The lowest BCUT2D eigenvalue weighted by Gasteiger charge is -2.31. The Kier molecular flexibility index (Phi) is 7.20. The molecule has 1 fully saturated rings. The van der Waals surface area contributed by atoms with Gasteiger partial charge in [-0.25, -0.2) is 0 Å². The molecule has 4 rings (SSSR count). The van der Waals surface area contributed by atoms with Gasteiger partial charge in [0.1, 0.15) is 18.5 Å². The van der Waals surface area contributed by atoms with Gasteiger partial charge in [-0.3, -0.25) is 14.6 Å². The molecule has 1 aromatic heterocycles. The van der Waals surface area contributed by atoms with Gasteiger partial charge in [-0.05, 0) is 52.8 Å². The lowest BCUT2D eigenvalue weighted by atomic mass is 9.86. The van der Waals surface area contributed by atoms with Crippen LogP contribution in [0.5, 0.6) is 5.75 Å². The third-order valence-electron chi connectivity index (χ3n) is 6.47. The number of nitrogens with zero attached hydrogens (tertiary/aromatic N) is 3. The Balaban J connectivity index is 1.60. The molecule has 6 nitrogen and oxygen atoms in total. The number of hydrogen-bond donors (Lipinski definition) is 0. The number of amides is 2. The lowest BCUT2D eigenvalue weighted by Crippen LogP contribution is -2.37. The summed E-state index contributed by atoms with van der Waals surface area (Å²) < 4.78 is 5.25. The molecule has 0 spiro atoms. The molecule has 2 heterocycles. The third kappa shape index (κ3) is 5.70. The van der Waals surface area contributed by atoms with Gasteiger partial charge in [-0.15, -0.1) is 0 Å². The van der Waals surface area contributed by atoms with Crippen molar-refractivity contribution in [3.8, 4) is 5.75 Å². The summed E-state index contributed by atoms with van der Waals surface area (Å²) in [6, 6.07) is 21.7. The van der Waals surface area contributed by atoms with Gasteiger partial charge < -0.3 is 14.5 Å². The second kappa shape index (κ2) is 10.3. The molecule has 0 saturated carbocycles. The number of benzene rings is 2. The number of rotatable bonds is 7. The molecule has 1 aliphatic heterocycles. The minimum absolute atomic E-state index is 0.0204. The normalized spacial score (nSPS) is 16.0. The maximum absolute atomic E-state index is 13.4. The molecule has 1 unspecified atom stereocenters. The van der Waals surface area contributed by atoms with Crippen LogP contribution in [-0.2, 0) is 27.8 Å². The van der Waals surface area contributed by atoms with Gasteiger partial charge in [-0.2, -0.15) is 0 Å². The molecule has 182 valence electrons. The summed E-state index contributed by atoms with van der Waals surface area (Å²) in [7, 11) is 1.64. The predicted octanol–water partition coefficient (Wildman–Crippen LogP) is 4.54. The monoisotopic (exact) mass is 471 g/mol. The van der Waals surface area contributed by atoms with Gasteiger partial charge in [0.2, 0.25) is 11.8 Å². The van der Waals surface area contributed by atoms with Crippen molar-refractivity contribution in [1.82, 2.24) is 14.8 Å². The van der Waals surface area contributed by atoms with E-state index in [4.69, 9.17) is 4.74 Å². The van der Waals surface area contributed by atoms with E-state index in [0.717, 1.165) is 16.9 Å². The number of carbonyl (C=O) groups excluding carboxylic acids is 2. The van der Waals surface area contributed by atoms with Gasteiger partial charge >= 0.3 is 0 Å². The van der Waals surface area contributed by atoms with E-state index >= 15 is 0 Å². The first kappa shape index (κ1) is 24.5. The molecule has 2 amide bonds. The first-order chi connectivity index (χ1) is 16.8. The smallest absolute Gasteiger partial charge is 0.244 e. The van der Waals surface area contributed by atoms with Crippen molar-refractivity contribution in [2.24, 2.45) is 0 Å². The van der Waals surface area contributed by atoms with E-state index in [0.29, 0.717) is 18.7 Å². The highest BCUT2D eigenvalue weighted by atomic mass is 16.5. The predicted molar refractivity (Wildman–Crippen MR) is 136 cm³/mol. The molecule has 1 aliphatic rings. The largest absolute Gasteiger partial charge is 0.497 e. The minimum atomic E-state index is -0.439. The van der Waals surface area contributed by atoms with Crippen LogP contribution in [0.3, 0.4) is 0 Å². The van der Waals surface area contributed by atoms with E-state index < -0.39 is 6.17 Å². The van der Waals surface area contributed by atoms with Gasteiger partial charge in [0.25, 0.3) is 0 Å². The van der Waals surface area contributed by atoms with Gasteiger partial charge in [-0.1, -0.05) is 63.2 Å². The first-order valence-corrected chi connectivity index (χ1v) is 12.0. The maximum atomic E-state index is 13.4. The molecule has 0 N–H and O–H groups in total. The Morgan fingerprint density at radius 3 is 2.34 bits per heavy atom. The molecular formula is C29H33N3O3. The van der Waals surface area contributed by atoms with Crippen LogP contribution in [0.25, 0.3) is 0 Å². The van der Waals surface area contributed by atoms with Crippen molar-refractivity contribution < 1.29 is 14.3 Å². The van der Waals surface area contributed by atoms with E-state index in [2.05, 4.69) is 37.9 Å². The molecule has 1 saturated heterocycles. The number of carbonyl (C=O) groups is 2. The summed E-state index contributed by atoms with van der Waals surface area (Å²) in [5.41, 5.74) is 3.98. The summed E-state index contributed by atoms with van der Waals surface area (Å²) in [5, 5.41) is 0. The molecule has 3 aromatic rings. The van der Waals surface area contributed by atoms with E-state index in [1.165, 1.54) is 5.56 Å². The molecule has 35 heavy (non-hydrogen) atoms. The number of pyridine rings is 1. The van der Waals surface area contributed by atoms with E-state index in [9.17, 15) is 9.59 Å². The Bertz CT molecular complexity index is 1150. The fourth-order valence-electron chi connectivity index (χ4n) is 4.42. The van der Waals surface area contributed by atoms with E-state index in [1.807, 2.05) is 59.5 Å². The maximum Gasteiger partial charge on any atom is 0.244 e. The van der Waals surface area contributed by atoms with E-state index in [-0.39, 0.29) is 30.2 Å². The molecule has 2 aromatic carbocycles. The van der Waals surface area contributed by atoms with Crippen LogP contribution >= 0.6 is 0 Å². The topological polar surface area (TPSA) is 62.7 Å². The highest BCUT2D eigenvalue weighted by molar-refractivity contribution is 5.89. The van der Waals surface area contributed by atoms with Crippen molar-refractivity contribution in [3.63, 3.8) is 0 Å². The average molecular weight is 472 g/mol. The Morgan fingerprint density at radius 1 is 1.03 bits per heavy atom. The highest BCUT2D eigenvalue weighted by Gasteiger charge is 2.41. The molecule has 0 aliphatic carbocycles. The molecular weight excluding hydrogens is 438 g/mol. The standard InChI is InChI=1S/C29H33N3O3/c1-29(2,3)23-12-10-22(11-13-23)28-31(18-16-21-8-14-25(35-4)15-9-21)27(34)20-32(28)26(33)19-24-7-5-6-17-30-24/h5-15,17,28H,16,18-20H2,1-4H3. The van der Waals surface area contributed by atoms with Gasteiger partial charge in [0, 0.05) is 18.4 Å². The van der Waals surface area contributed by atoms with Crippen molar-refractivity contribution in [1.29, 1.82) is 0 Å². The molecule has 6 heteroatoms. The van der Waals surface area contributed by atoms with E-state index in [1.54, 1.807) is 18.2 Å². The lowest BCUT2D eigenvalue weighted by molar-refractivity contribution is -0.133. The first-order valence-electron chi connectivity index (χ1n) is 12.0. The number of methoxy groups -OCH3 is 1. The van der Waals surface area contributed by atoms with Crippen molar-refractivity contribution in [2.45, 2.75) is 45.2 Å². The van der Waals surface area contributed by atoms with Crippen LogP contribution in [0, 0.1) is 0 Å². The summed E-state index contributed by atoms with van der Waals surface area (Å²) in [5.74, 6) is 0.654. The van der Waals surface area contributed by atoms with Crippen LogP contribution in [0.2, 0.25) is 0 Å². The quantitative estimate of drug-likeness (QED) is 0.508. The van der Waals surface area contributed by atoms with Crippen molar-refractivity contribution >= 4 is 11.8 Å². The zero-order valence-electron chi connectivity index (χ0n) is 20.9. The summed E-state index contributed by atoms with van der Waals surface area (Å²) >= 11 is 0. The van der Waals surface area contributed by atoms with Crippen LogP contribution in [0.4, 0.5) is 0 Å². The second-order valence-corrected chi connectivity index (χ2v) is 9.95. The number of hydrogen-bond acceptors (Lipinski definition) is 4. The van der Waals surface area contributed by atoms with Crippen molar-refractivity contribution in [2.75, 3.05) is 20.2 Å². The highest BCUT2D eigenvalue weighted by Crippen LogP contribution is 2.33. The van der Waals surface area contributed by atoms with Crippen LogP contribution < -0.4 is 4.74 Å². The number of ether oxygens (including phenoxy) is 1. The SMILES string of the molecule is COc1ccc(CCN2C(=O)CN(C(=O)Cc3ccccn3)C2c2ccc(C(C)(C)C)cc2)cc1.